The highest BCUT2D eigenvalue weighted by Crippen LogP contribution is 2.50. The van der Waals surface area contributed by atoms with E-state index in [1.165, 1.54) is 12.1 Å². The van der Waals surface area contributed by atoms with Gasteiger partial charge >= 0.3 is 0 Å². The van der Waals surface area contributed by atoms with Crippen molar-refractivity contribution in [1.82, 2.24) is 15.3 Å². The van der Waals surface area contributed by atoms with Crippen LogP contribution in [0.25, 0.3) is 10.9 Å². The zero-order valence-electron chi connectivity index (χ0n) is 17.7. The number of hydroxylamine groups is 1. The first-order valence-electron chi connectivity index (χ1n) is 10.2. The number of hydrogen-bond acceptors (Lipinski definition) is 3. The van der Waals surface area contributed by atoms with Crippen molar-refractivity contribution in [2.75, 3.05) is 0 Å². The Morgan fingerprint density at radius 2 is 2.00 bits per heavy atom. The average molecular weight is 415 g/mol. The third-order valence-electron chi connectivity index (χ3n) is 6.14. The molecule has 160 valence electrons. The molecule has 1 heterocycles. The summed E-state index contributed by atoms with van der Waals surface area (Å²) in [5.41, 5.74) is 2.85. The van der Waals surface area contributed by atoms with Gasteiger partial charge in [0, 0.05) is 12.4 Å². The predicted octanol–water partition coefficient (Wildman–Crippen LogP) is 4.90. The summed E-state index contributed by atoms with van der Waals surface area (Å²) in [6, 6.07) is 7.83. The number of benzene rings is 2. The van der Waals surface area contributed by atoms with Crippen molar-refractivity contribution in [1.29, 1.82) is 0 Å². The number of halogens is 2. The summed E-state index contributed by atoms with van der Waals surface area (Å²) in [5.74, 6) is -1.58. The van der Waals surface area contributed by atoms with E-state index in [0.29, 0.717) is 34.9 Å². The average Bonchev–Trinajstić information content (AvgIpc) is 3.35. The Hall–Kier alpha value is -2.80. The van der Waals surface area contributed by atoms with E-state index in [2.05, 4.69) is 5.10 Å². The van der Waals surface area contributed by atoms with Crippen LogP contribution >= 0.6 is 0 Å². The lowest BCUT2D eigenvalue weighted by Gasteiger charge is -2.29. The Bertz CT molecular complexity index is 1080. The Morgan fingerprint density at radius 1 is 1.27 bits per heavy atom. The van der Waals surface area contributed by atoms with Gasteiger partial charge in [0.15, 0.2) is 0 Å². The Morgan fingerprint density at radius 3 is 2.70 bits per heavy atom. The molecule has 7 heteroatoms. The van der Waals surface area contributed by atoms with Crippen LogP contribution in [-0.4, -0.2) is 20.9 Å². The smallest absolute Gasteiger partial charge is 0.254 e. The van der Waals surface area contributed by atoms with Gasteiger partial charge in [0.2, 0.25) is 0 Å². The highest BCUT2D eigenvalue weighted by atomic mass is 19.1. The molecule has 0 spiro atoms. The second-order valence-electron chi connectivity index (χ2n) is 7.58. The number of amides is 1. The lowest BCUT2D eigenvalue weighted by atomic mass is 9.75. The number of nitrogens with one attached hydrogen (secondary N) is 1. The van der Waals surface area contributed by atoms with Crippen molar-refractivity contribution in [3.8, 4) is 0 Å². The third-order valence-corrected chi connectivity index (χ3v) is 6.14. The normalized spacial score (nSPS) is 20.7. The van der Waals surface area contributed by atoms with Crippen LogP contribution in [0.5, 0.6) is 0 Å². The molecule has 2 atom stereocenters. The number of aryl methyl sites for hydroxylation is 1. The molecule has 2 aromatic carbocycles. The van der Waals surface area contributed by atoms with Crippen LogP contribution in [0.15, 0.2) is 36.5 Å². The van der Waals surface area contributed by atoms with Crippen LogP contribution in [0, 0.1) is 18.6 Å². The quantitative estimate of drug-likeness (QED) is 0.472. The molecular weight excluding hydrogens is 388 g/mol. The summed E-state index contributed by atoms with van der Waals surface area (Å²) in [7, 11) is 1.79. The molecule has 1 fully saturated rings. The van der Waals surface area contributed by atoms with Crippen molar-refractivity contribution >= 4 is 16.8 Å². The summed E-state index contributed by atoms with van der Waals surface area (Å²) < 4.78 is 30.7. The van der Waals surface area contributed by atoms with Crippen molar-refractivity contribution in [2.45, 2.75) is 51.4 Å². The van der Waals surface area contributed by atoms with E-state index in [9.17, 15) is 18.8 Å². The minimum Gasteiger partial charge on any atom is -0.289 e. The lowest BCUT2D eigenvalue weighted by molar-refractivity contribution is -0.135. The maximum Gasteiger partial charge on any atom is 0.254 e. The fourth-order valence-electron chi connectivity index (χ4n) is 4.62. The Balaban J connectivity index is 0.00000124. The van der Waals surface area contributed by atoms with Crippen LogP contribution in [0.1, 0.15) is 55.7 Å². The van der Waals surface area contributed by atoms with Gasteiger partial charge in [0.05, 0.1) is 17.1 Å². The molecule has 4 rings (SSSR count). The third kappa shape index (κ3) is 3.47. The standard InChI is InChI=1S/C21H21F2N3O2.C2H6/c1-12-16(4-3-5-17(12)22)21(20(27)25-28)7-6-13(10-21)15-9-19-14(8-18(15)23)11-24-26(19)2;1-2/h3-5,8-9,11,13,28H,6-7,10H2,1-2H3,(H,25,27);1-2H3/t13?,21-;/m0./s1. The van der Waals surface area contributed by atoms with Crippen molar-refractivity contribution in [3.05, 3.63) is 64.9 Å². The van der Waals surface area contributed by atoms with Crippen LogP contribution in [0.2, 0.25) is 0 Å². The molecule has 1 unspecified atom stereocenters. The number of carbonyl (C=O) groups is 1. The summed E-state index contributed by atoms with van der Waals surface area (Å²) >= 11 is 0. The molecule has 1 amide bonds. The number of fused-ring (bicyclic) bond motifs is 1. The minimum atomic E-state index is -1.11. The second-order valence-corrected chi connectivity index (χ2v) is 7.58. The number of nitrogens with zero attached hydrogens (tertiary/aromatic N) is 2. The maximum atomic E-state index is 14.8. The van der Waals surface area contributed by atoms with Crippen molar-refractivity contribution in [3.63, 3.8) is 0 Å². The monoisotopic (exact) mass is 415 g/mol. The van der Waals surface area contributed by atoms with E-state index in [4.69, 9.17) is 0 Å². The van der Waals surface area contributed by atoms with Gasteiger partial charge in [-0.3, -0.25) is 14.7 Å². The molecule has 0 aliphatic heterocycles. The van der Waals surface area contributed by atoms with Gasteiger partial charge in [-0.05, 0) is 67.0 Å². The van der Waals surface area contributed by atoms with Crippen LogP contribution in [-0.2, 0) is 17.3 Å². The Kier molecular flexibility index (Phi) is 6.22. The Labute approximate surface area is 174 Å². The van der Waals surface area contributed by atoms with Crippen LogP contribution in [0.4, 0.5) is 8.78 Å². The lowest BCUT2D eigenvalue weighted by Crippen LogP contribution is -2.42. The predicted molar refractivity (Wildman–Crippen MR) is 111 cm³/mol. The van der Waals surface area contributed by atoms with Gasteiger partial charge in [0.1, 0.15) is 11.6 Å². The molecule has 30 heavy (non-hydrogen) atoms. The number of rotatable bonds is 3. The first kappa shape index (κ1) is 21.9. The molecule has 0 saturated heterocycles. The van der Waals surface area contributed by atoms with Gasteiger partial charge in [0.25, 0.3) is 5.91 Å². The highest BCUT2D eigenvalue weighted by Gasteiger charge is 2.48. The van der Waals surface area contributed by atoms with Gasteiger partial charge in [-0.1, -0.05) is 26.0 Å². The minimum absolute atomic E-state index is 0.237. The molecular formula is C23H27F2N3O2. The molecule has 1 saturated carbocycles. The zero-order valence-corrected chi connectivity index (χ0v) is 17.7. The zero-order chi connectivity index (χ0) is 22.1. The van der Waals surface area contributed by atoms with E-state index in [0.717, 1.165) is 5.52 Å². The van der Waals surface area contributed by atoms with E-state index < -0.39 is 17.1 Å². The molecule has 0 radical (unpaired) electrons. The van der Waals surface area contributed by atoms with Crippen LogP contribution in [0.3, 0.4) is 0 Å². The van der Waals surface area contributed by atoms with E-state index in [-0.39, 0.29) is 18.2 Å². The molecule has 1 aromatic heterocycles. The van der Waals surface area contributed by atoms with E-state index >= 15 is 0 Å². The molecule has 2 N–H and O–H groups in total. The summed E-state index contributed by atoms with van der Waals surface area (Å²) in [6.45, 7) is 5.62. The SMILES string of the molecule is CC.Cc1c(F)cccc1[C@]1(C(=O)NO)CCC(c2cc3c(cnn3C)cc2F)C1. The molecule has 1 aliphatic carbocycles. The first-order valence-corrected chi connectivity index (χ1v) is 10.2. The largest absolute Gasteiger partial charge is 0.289 e. The fraction of sp³-hybridized carbons (Fsp3) is 0.391. The van der Waals surface area contributed by atoms with E-state index in [1.54, 1.807) is 48.5 Å². The van der Waals surface area contributed by atoms with Gasteiger partial charge in [-0.15, -0.1) is 0 Å². The summed E-state index contributed by atoms with van der Waals surface area (Å²) in [4.78, 5) is 12.7. The van der Waals surface area contributed by atoms with Gasteiger partial charge < -0.3 is 0 Å². The second kappa shape index (κ2) is 8.52. The summed E-state index contributed by atoms with van der Waals surface area (Å²) in [6.07, 6.45) is 2.82. The van der Waals surface area contributed by atoms with Gasteiger partial charge in [-0.25, -0.2) is 14.3 Å². The topological polar surface area (TPSA) is 67.2 Å². The number of carbonyl (C=O) groups excluding carboxylic acids is 1. The van der Waals surface area contributed by atoms with E-state index in [1.807, 2.05) is 13.8 Å². The molecule has 3 aromatic rings. The first-order chi connectivity index (χ1) is 14.4. The number of hydrogen-bond donors (Lipinski definition) is 2. The van der Waals surface area contributed by atoms with Crippen molar-refractivity contribution < 1.29 is 18.8 Å². The molecule has 5 nitrogen and oxygen atoms in total. The number of aromatic nitrogens is 2. The molecule has 0 bridgehead atoms. The summed E-state index contributed by atoms with van der Waals surface area (Å²) in [5, 5.41) is 14.2. The highest BCUT2D eigenvalue weighted by molar-refractivity contribution is 5.88. The maximum absolute atomic E-state index is 14.8. The van der Waals surface area contributed by atoms with Crippen LogP contribution < -0.4 is 5.48 Å². The molecule has 1 aliphatic rings. The van der Waals surface area contributed by atoms with Crippen molar-refractivity contribution in [2.24, 2.45) is 7.05 Å². The fourth-order valence-corrected chi connectivity index (χ4v) is 4.62. The van der Waals surface area contributed by atoms with Gasteiger partial charge in [-0.2, -0.15) is 5.10 Å².